The summed E-state index contributed by atoms with van der Waals surface area (Å²) in [5.41, 5.74) is 6.76. The van der Waals surface area contributed by atoms with Gasteiger partial charge < -0.3 is 5.32 Å². The van der Waals surface area contributed by atoms with Crippen LogP contribution in [-0.2, 0) is 0 Å². The molecule has 1 aliphatic heterocycles. The summed E-state index contributed by atoms with van der Waals surface area (Å²) in [7, 11) is 0. The van der Waals surface area contributed by atoms with Gasteiger partial charge >= 0.3 is 0 Å². The molecule has 1 N–H and O–H groups in total. The highest BCUT2D eigenvalue weighted by Gasteiger charge is 2.29. The molecule has 0 bridgehead atoms. The van der Waals surface area contributed by atoms with Crippen LogP contribution in [0, 0.1) is 6.92 Å². The molecule has 1 saturated heterocycles. The first kappa shape index (κ1) is 17.1. The number of nitrogens with zero attached hydrogens (tertiary/aromatic N) is 4. The zero-order valence-corrected chi connectivity index (χ0v) is 15.9. The molecular formula is C23H23N5. The highest BCUT2D eigenvalue weighted by Crippen LogP contribution is 2.37. The Labute approximate surface area is 164 Å². The Morgan fingerprint density at radius 1 is 0.929 bits per heavy atom. The molecule has 5 heteroatoms. The third-order valence-electron chi connectivity index (χ3n) is 5.61. The smallest absolute Gasteiger partial charge is 0.137 e. The summed E-state index contributed by atoms with van der Waals surface area (Å²) in [5, 5.41) is 3.84. The fourth-order valence-electron chi connectivity index (χ4n) is 4.28. The maximum atomic E-state index is 5.02. The molecular weight excluding hydrogens is 346 g/mol. The van der Waals surface area contributed by atoms with E-state index < -0.39 is 0 Å². The number of hydrogen-bond acceptors (Lipinski definition) is 4. The average Bonchev–Trinajstić information content (AvgIpc) is 3.14. The van der Waals surface area contributed by atoms with E-state index in [4.69, 9.17) is 4.98 Å². The number of rotatable bonds is 3. The van der Waals surface area contributed by atoms with Crippen LogP contribution in [0.15, 0.2) is 67.3 Å². The molecule has 0 spiro atoms. The summed E-state index contributed by atoms with van der Waals surface area (Å²) in [4.78, 5) is 13.9. The van der Waals surface area contributed by atoms with Crippen LogP contribution in [0.4, 0.5) is 0 Å². The van der Waals surface area contributed by atoms with E-state index in [1.807, 2.05) is 30.7 Å². The Bertz CT molecular complexity index is 1100. The molecule has 1 unspecified atom stereocenters. The van der Waals surface area contributed by atoms with E-state index in [1.165, 1.54) is 5.56 Å². The Kier molecular flexibility index (Phi) is 4.37. The third kappa shape index (κ3) is 2.98. The highest BCUT2D eigenvalue weighted by atomic mass is 15.1. The van der Waals surface area contributed by atoms with Gasteiger partial charge in [0.15, 0.2) is 0 Å². The maximum Gasteiger partial charge on any atom is 0.137 e. The number of pyridine rings is 3. The van der Waals surface area contributed by atoms with E-state index in [1.54, 1.807) is 0 Å². The van der Waals surface area contributed by atoms with Gasteiger partial charge in [-0.05, 0) is 62.1 Å². The maximum absolute atomic E-state index is 5.02. The average molecular weight is 369 g/mol. The van der Waals surface area contributed by atoms with Crippen molar-refractivity contribution >= 4 is 5.65 Å². The van der Waals surface area contributed by atoms with Crippen LogP contribution >= 0.6 is 0 Å². The SMILES string of the molecule is Cc1cccnc1[C@H]1CCCC(c2nc3ccccn3c2-c2ccncc2)N1. The van der Waals surface area contributed by atoms with Gasteiger partial charge in [0.25, 0.3) is 0 Å². The van der Waals surface area contributed by atoms with Crippen molar-refractivity contribution in [2.24, 2.45) is 0 Å². The molecule has 5 rings (SSSR count). The standard InChI is InChI=1S/C23H23N5/c1-16-6-5-12-25-21(16)18-7-4-8-19(26-18)22-23(17-10-13-24-14-11-17)28-15-3-2-9-20(28)27-22/h2-3,5-6,9-15,18-19,26H,4,7-8H2,1H3/t18-,19?/m1/s1. The number of aromatic nitrogens is 4. The largest absolute Gasteiger partial charge is 0.300 e. The van der Waals surface area contributed by atoms with Crippen molar-refractivity contribution < 1.29 is 0 Å². The fraction of sp³-hybridized carbons (Fsp3) is 0.261. The number of hydrogen-bond donors (Lipinski definition) is 1. The molecule has 1 fully saturated rings. The molecule has 5 nitrogen and oxygen atoms in total. The van der Waals surface area contributed by atoms with Crippen LogP contribution < -0.4 is 5.32 Å². The lowest BCUT2D eigenvalue weighted by Gasteiger charge is -2.31. The van der Waals surface area contributed by atoms with Crippen molar-refractivity contribution in [1.82, 2.24) is 24.7 Å². The normalized spacial score (nSPS) is 19.8. The van der Waals surface area contributed by atoms with E-state index in [0.29, 0.717) is 0 Å². The lowest BCUT2D eigenvalue weighted by atomic mass is 9.91. The molecule has 0 amide bonds. The molecule has 140 valence electrons. The summed E-state index contributed by atoms with van der Waals surface area (Å²) in [6.45, 7) is 2.14. The molecule has 4 aromatic heterocycles. The lowest BCUT2D eigenvalue weighted by molar-refractivity contribution is 0.321. The number of fused-ring (bicyclic) bond motifs is 1. The zero-order chi connectivity index (χ0) is 18.9. The first-order valence-corrected chi connectivity index (χ1v) is 9.86. The summed E-state index contributed by atoms with van der Waals surface area (Å²) < 4.78 is 2.18. The predicted octanol–water partition coefficient (Wildman–Crippen LogP) is 4.66. The van der Waals surface area contributed by atoms with E-state index >= 15 is 0 Å². The van der Waals surface area contributed by atoms with Gasteiger partial charge in [-0.25, -0.2) is 4.98 Å². The van der Waals surface area contributed by atoms with Gasteiger partial charge in [-0.2, -0.15) is 0 Å². The molecule has 1 aliphatic rings. The summed E-state index contributed by atoms with van der Waals surface area (Å²) >= 11 is 0. The fourth-order valence-corrected chi connectivity index (χ4v) is 4.28. The molecule has 2 atom stereocenters. The molecule has 0 aromatic carbocycles. The minimum atomic E-state index is 0.197. The molecule has 0 aliphatic carbocycles. The Morgan fingerprint density at radius 2 is 1.75 bits per heavy atom. The van der Waals surface area contributed by atoms with Crippen molar-refractivity contribution in [3.63, 3.8) is 0 Å². The van der Waals surface area contributed by atoms with E-state index in [-0.39, 0.29) is 12.1 Å². The Morgan fingerprint density at radius 3 is 2.57 bits per heavy atom. The number of piperidine rings is 1. The van der Waals surface area contributed by atoms with Crippen LogP contribution in [0.25, 0.3) is 16.9 Å². The van der Waals surface area contributed by atoms with Crippen LogP contribution in [0.5, 0.6) is 0 Å². The Hall–Kier alpha value is -3.05. The summed E-state index contributed by atoms with van der Waals surface area (Å²) in [5.74, 6) is 0. The number of aryl methyl sites for hydroxylation is 1. The van der Waals surface area contributed by atoms with Gasteiger partial charge in [0.2, 0.25) is 0 Å². The van der Waals surface area contributed by atoms with Gasteiger partial charge in [0.05, 0.1) is 29.2 Å². The predicted molar refractivity (Wildman–Crippen MR) is 110 cm³/mol. The van der Waals surface area contributed by atoms with Gasteiger partial charge in [-0.1, -0.05) is 12.1 Å². The van der Waals surface area contributed by atoms with Crippen LogP contribution in [-0.4, -0.2) is 19.4 Å². The zero-order valence-electron chi connectivity index (χ0n) is 15.9. The third-order valence-corrected chi connectivity index (χ3v) is 5.61. The first-order chi connectivity index (χ1) is 13.8. The van der Waals surface area contributed by atoms with E-state index in [0.717, 1.165) is 47.6 Å². The minimum Gasteiger partial charge on any atom is -0.300 e. The second kappa shape index (κ2) is 7.17. The number of nitrogens with one attached hydrogen (secondary N) is 1. The van der Waals surface area contributed by atoms with Crippen LogP contribution in [0.2, 0.25) is 0 Å². The van der Waals surface area contributed by atoms with Crippen molar-refractivity contribution in [2.75, 3.05) is 0 Å². The second-order valence-electron chi connectivity index (χ2n) is 7.42. The quantitative estimate of drug-likeness (QED) is 0.571. The molecule has 5 heterocycles. The molecule has 4 aromatic rings. The van der Waals surface area contributed by atoms with Crippen molar-refractivity contribution in [2.45, 2.75) is 38.3 Å². The van der Waals surface area contributed by atoms with E-state index in [2.05, 4.69) is 63.1 Å². The van der Waals surface area contributed by atoms with Crippen molar-refractivity contribution in [3.05, 3.63) is 84.2 Å². The molecule has 28 heavy (non-hydrogen) atoms. The minimum absolute atomic E-state index is 0.197. The van der Waals surface area contributed by atoms with Crippen LogP contribution in [0.3, 0.4) is 0 Å². The van der Waals surface area contributed by atoms with Gasteiger partial charge in [0.1, 0.15) is 5.65 Å². The lowest BCUT2D eigenvalue weighted by Crippen LogP contribution is -2.32. The monoisotopic (exact) mass is 369 g/mol. The first-order valence-electron chi connectivity index (χ1n) is 9.86. The highest BCUT2D eigenvalue weighted by molar-refractivity contribution is 5.67. The molecule has 0 saturated carbocycles. The Balaban J connectivity index is 1.58. The van der Waals surface area contributed by atoms with E-state index in [9.17, 15) is 0 Å². The van der Waals surface area contributed by atoms with Gasteiger partial charge in [0, 0.05) is 30.4 Å². The number of imidazole rings is 1. The second-order valence-corrected chi connectivity index (χ2v) is 7.42. The van der Waals surface area contributed by atoms with Gasteiger partial charge in [-0.3, -0.25) is 14.4 Å². The van der Waals surface area contributed by atoms with Crippen molar-refractivity contribution in [3.8, 4) is 11.3 Å². The van der Waals surface area contributed by atoms with Gasteiger partial charge in [-0.15, -0.1) is 0 Å². The van der Waals surface area contributed by atoms with Crippen LogP contribution in [0.1, 0.15) is 48.3 Å². The summed E-state index contributed by atoms with van der Waals surface area (Å²) in [6.07, 6.45) is 11.0. The topological polar surface area (TPSA) is 55.1 Å². The molecule has 0 radical (unpaired) electrons. The van der Waals surface area contributed by atoms with Crippen molar-refractivity contribution in [1.29, 1.82) is 0 Å². The summed E-state index contributed by atoms with van der Waals surface area (Å²) in [6, 6.07) is 14.9.